The first-order chi connectivity index (χ1) is 15.3. The second-order valence-electron chi connectivity index (χ2n) is 9.02. The number of halogens is 1. The van der Waals surface area contributed by atoms with E-state index in [1.54, 1.807) is 0 Å². The lowest BCUT2D eigenvalue weighted by Crippen LogP contribution is -2.43. The van der Waals surface area contributed by atoms with Crippen LogP contribution in [0.25, 0.3) is 10.9 Å². The van der Waals surface area contributed by atoms with Crippen molar-refractivity contribution in [2.24, 2.45) is 5.92 Å². The topological polar surface area (TPSA) is 134 Å². The smallest absolute Gasteiger partial charge is 0.138 e. The number of hydrogen-bond acceptors (Lipinski definition) is 8. The maximum atomic E-state index is 10.9. The first kappa shape index (κ1) is 21.4. The van der Waals surface area contributed by atoms with E-state index in [4.69, 9.17) is 11.5 Å². The third kappa shape index (κ3) is 3.58. The average Bonchev–Trinajstić information content (AvgIpc) is 3.25. The molecule has 2 aromatic heterocycles. The van der Waals surface area contributed by atoms with Crippen LogP contribution in [0.15, 0.2) is 35.1 Å². The zero-order chi connectivity index (χ0) is 22.6. The zero-order valence-electron chi connectivity index (χ0n) is 17.8. The Balaban J connectivity index is 1.31. The molecule has 1 aliphatic heterocycles. The Kier molecular flexibility index (Phi) is 5.43. The molecule has 1 saturated carbocycles. The Morgan fingerprint density at radius 1 is 1.12 bits per heavy atom. The van der Waals surface area contributed by atoms with Crippen LogP contribution in [0.3, 0.4) is 0 Å². The molecule has 2 aliphatic rings. The number of aliphatic hydroxyl groups excluding tert-OH is 2. The van der Waals surface area contributed by atoms with E-state index in [0.29, 0.717) is 24.6 Å². The van der Waals surface area contributed by atoms with Crippen LogP contribution in [0.1, 0.15) is 36.8 Å². The third-order valence-electron chi connectivity index (χ3n) is 6.97. The van der Waals surface area contributed by atoms with Crippen LogP contribution >= 0.6 is 15.9 Å². The van der Waals surface area contributed by atoms with Gasteiger partial charge in [-0.3, -0.25) is 0 Å². The molecular weight excluding hydrogens is 472 g/mol. The van der Waals surface area contributed by atoms with Crippen molar-refractivity contribution in [2.45, 2.75) is 50.4 Å². The molecule has 3 heterocycles. The lowest BCUT2D eigenvalue weighted by molar-refractivity contribution is 0.0130. The molecule has 0 amide bonds. The molecule has 3 aromatic rings. The summed E-state index contributed by atoms with van der Waals surface area (Å²) < 4.78 is 0.789. The standard InChI is InChI=1S/C23H27BrN6O2/c1-11-9-30(23-18(11)22(26)27-10-28-23)17-8-14(19(31)20(17)32)5-3-12-2-4-13-7-15(24)21(25)29-16(13)6-12/h2,4,6-7,10-11,14,17,19-20,31-32H,3,5,8-9H2,1H3,(H2,25,29)(H2,26,27,28). The summed E-state index contributed by atoms with van der Waals surface area (Å²) in [6.07, 6.45) is 2.12. The first-order valence-electron chi connectivity index (χ1n) is 10.9. The number of pyridine rings is 1. The Hall–Kier alpha value is -2.49. The lowest BCUT2D eigenvalue weighted by Gasteiger charge is -2.29. The summed E-state index contributed by atoms with van der Waals surface area (Å²) in [6.45, 7) is 2.81. The van der Waals surface area contributed by atoms with Gasteiger partial charge in [0.25, 0.3) is 0 Å². The summed E-state index contributed by atoms with van der Waals surface area (Å²) in [4.78, 5) is 15.1. The summed E-state index contributed by atoms with van der Waals surface area (Å²) in [5, 5.41) is 22.7. The predicted octanol–water partition coefficient (Wildman–Crippen LogP) is 2.62. The molecule has 5 atom stereocenters. The molecule has 8 nitrogen and oxygen atoms in total. The highest BCUT2D eigenvalue weighted by Gasteiger charge is 2.46. The summed E-state index contributed by atoms with van der Waals surface area (Å²) in [5.74, 6) is 1.93. The first-order valence-corrected chi connectivity index (χ1v) is 11.7. The van der Waals surface area contributed by atoms with Crippen molar-refractivity contribution in [3.05, 3.63) is 46.2 Å². The van der Waals surface area contributed by atoms with E-state index < -0.39 is 12.2 Å². The van der Waals surface area contributed by atoms with Gasteiger partial charge in [0.1, 0.15) is 29.9 Å². The number of nitrogens with zero attached hydrogens (tertiary/aromatic N) is 4. The molecule has 0 spiro atoms. The average molecular weight is 499 g/mol. The van der Waals surface area contributed by atoms with Crippen LogP contribution in [0.4, 0.5) is 17.5 Å². The highest BCUT2D eigenvalue weighted by Crippen LogP contribution is 2.43. The van der Waals surface area contributed by atoms with Gasteiger partial charge in [-0.1, -0.05) is 19.1 Å². The molecule has 1 aliphatic carbocycles. The molecule has 1 fully saturated rings. The van der Waals surface area contributed by atoms with E-state index in [9.17, 15) is 10.2 Å². The molecule has 32 heavy (non-hydrogen) atoms. The van der Waals surface area contributed by atoms with E-state index in [1.807, 2.05) is 18.2 Å². The van der Waals surface area contributed by atoms with Crippen LogP contribution < -0.4 is 16.4 Å². The number of rotatable bonds is 4. The van der Waals surface area contributed by atoms with Crippen molar-refractivity contribution in [1.29, 1.82) is 0 Å². The summed E-state index contributed by atoms with van der Waals surface area (Å²) in [5.41, 5.74) is 14.9. The van der Waals surface area contributed by atoms with Crippen molar-refractivity contribution < 1.29 is 10.2 Å². The predicted molar refractivity (Wildman–Crippen MR) is 128 cm³/mol. The van der Waals surface area contributed by atoms with Crippen molar-refractivity contribution in [3.8, 4) is 0 Å². The Morgan fingerprint density at radius 2 is 1.94 bits per heavy atom. The Bertz CT molecular complexity index is 1170. The minimum Gasteiger partial charge on any atom is -0.390 e. The number of aliphatic hydroxyl groups is 2. The summed E-state index contributed by atoms with van der Waals surface area (Å²) >= 11 is 3.42. The molecule has 5 unspecified atom stereocenters. The van der Waals surface area contributed by atoms with Gasteiger partial charge in [-0.15, -0.1) is 0 Å². The number of hydrogen-bond donors (Lipinski definition) is 4. The van der Waals surface area contributed by atoms with E-state index in [-0.39, 0.29) is 17.9 Å². The molecule has 9 heteroatoms. The molecule has 5 rings (SSSR count). The van der Waals surface area contributed by atoms with Gasteiger partial charge in [0.15, 0.2) is 0 Å². The maximum Gasteiger partial charge on any atom is 0.138 e. The van der Waals surface area contributed by atoms with Crippen LogP contribution in [0.5, 0.6) is 0 Å². The van der Waals surface area contributed by atoms with Crippen molar-refractivity contribution in [3.63, 3.8) is 0 Å². The highest BCUT2D eigenvalue weighted by molar-refractivity contribution is 9.10. The number of aromatic nitrogens is 3. The molecule has 0 radical (unpaired) electrons. The normalized spacial score (nSPS) is 27.2. The molecule has 0 saturated heterocycles. The summed E-state index contributed by atoms with van der Waals surface area (Å²) in [6, 6.07) is 7.94. The van der Waals surface area contributed by atoms with E-state index in [2.05, 4.69) is 48.8 Å². The number of anilines is 3. The second kappa shape index (κ2) is 8.13. The molecule has 6 N–H and O–H groups in total. The van der Waals surface area contributed by atoms with Gasteiger partial charge in [-0.25, -0.2) is 15.0 Å². The van der Waals surface area contributed by atoms with E-state index in [0.717, 1.165) is 45.2 Å². The fourth-order valence-electron chi connectivity index (χ4n) is 5.27. The fraction of sp³-hybridized carbons (Fsp3) is 0.435. The third-order valence-corrected chi connectivity index (χ3v) is 7.60. The van der Waals surface area contributed by atoms with Crippen molar-refractivity contribution in [1.82, 2.24) is 15.0 Å². The zero-order valence-corrected chi connectivity index (χ0v) is 19.4. The molecule has 1 aromatic carbocycles. The van der Waals surface area contributed by atoms with Gasteiger partial charge in [0.05, 0.1) is 22.1 Å². The minimum absolute atomic E-state index is 0.00724. The van der Waals surface area contributed by atoms with Gasteiger partial charge in [-0.2, -0.15) is 0 Å². The van der Waals surface area contributed by atoms with E-state index in [1.165, 1.54) is 6.33 Å². The molecule has 168 valence electrons. The molecule has 0 bridgehead atoms. The summed E-state index contributed by atoms with van der Waals surface area (Å²) in [7, 11) is 0. The minimum atomic E-state index is -0.829. The van der Waals surface area contributed by atoms with Gasteiger partial charge >= 0.3 is 0 Å². The van der Waals surface area contributed by atoms with Crippen LogP contribution in [-0.4, -0.2) is 50.0 Å². The Morgan fingerprint density at radius 3 is 2.75 bits per heavy atom. The number of nitrogens with two attached hydrogens (primary N) is 2. The van der Waals surface area contributed by atoms with Crippen LogP contribution in [0, 0.1) is 5.92 Å². The maximum absolute atomic E-state index is 10.9. The van der Waals surface area contributed by atoms with Gasteiger partial charge in [0, 0.05) is 23.4 Å². The van der Waals surface area contributed by atoms with Crippen LogP contribution in [0.2, 0.25) is 0 Å². The number of fused-ring (bicyclic) bond motifs is 2. The van der Waals surface area contributed by atoms with Gasteiger partial charge in [0.2, 0.25) is 0 Å². The monoisotopic (exact) mass is 498 g/mol. The SMILES string of the molecule is CC1CN(C2CC(CCc3ccc4cc(Br)c(N)nc4c3)C(O)C2O)c2ncnc(N)c21. The van der Waals surface area contributed by atoms with Gasteiger partial charge in [-0.05, 0) is 58.8 Å². The Labute approximate surface area is 194 Å². The number of aryl methyl sites for hydroxylation is 1. The van der Waals surface area contributed by atoms with Crippen LogP contribution in [-0.2, 0) is 6.42 Å². The molecular formula is C23H27BrN6O2. The second-order valence-corrected chi connectivity index (χ2v) is 9.87. The van der Waals surface area contributed by atoms with Gasteiger partial charge < -0.3 is 26.6 Å². The lowest BCUT2D eigenvalue weighted by atomic mass is 9.95. The van der Waals surface area contributed by atoms with Crippen molar-refractivity contribution in [2.75, 3.05) is 22.9 Å². The number of benzene rings is 1. The number of nitrogen functional groups attached to an aromatic ring is 2. The quantitative estimate of drug-likeness (QED) is 0.431. The highest BCUT2D eigenvalue weighted by atomic mass is 79.9. The largest absolute Gasteiger partial charge is 0.390 e. The van der Waals surface area contributed by atoms with E-state index >= 15 is 0 Å². The van der Waals surface area contributed by atoms with Crippen molar-refractivity contribution >= 4 is 44.3 Å². The fourth-order valence-corrected chi connectivity index (χ4v) is 5.61.